The number of hydrogen-bond donors (Lipinski definition) is 2. The maximum Gasteiger partial charge on any atom is 0.261 e. The number of rotatable bonds is 4. The van der Waals surface area contributed by atoms with E-state index in [-0.39, 0.29) is 25.0 Å². The average Bonchev–Trinajstić information content (AvgIpc) is 2.66. The Kier molecular flexibility index (Phi) is 6.14. The van der Waals surface area contributed by atoms with Crippen molar-refractivity contribution in [2.45, 2.75) is 6.92 Å². The number of aliphatic hydroxyl groups excluding tert-OH is 1. The van der Waals surface area contributed by atoms with Crippen LogP contribution in [0, 0.1) is 0 Å². The van der Waals surface area contributed by atoms with E-state index in [1.807, 2.05) is 21.0 Å². The van der Waals surface area contributed by atoms with E-state index in [0.29, 0.717) is 23.5 Å². The first-order valence-corrected chi connectivity index (χ1v) is 6.43. The predicted octanol–water partition coefficient (Wildman–Crippen LogP) is 0.509. The van der Waals surface area contributed by atoms with Crippen molar-refractivity contribution in [3.63, 3.8) is 0 Å². The van der Waals surface area contributed by atoms with Crippen LogP contribution in [0.1, 0.15) is 27.6 Å². The second-order valence-electron chi connectivity index (χ2n) is 4.13. The fourth-order valence-electron chi connectivity index (χ4n) is 1.83. The van der Waals surface area contributed by atoms with Gasteiger partial charge in [-0.25, -0.2) is 0 Å². The first-order chi connectivity index (χ1) is 9.60. The molecule has 1 aliphatic rings. The van der Waals surface area contributed by atoms with E-state index in [9.17, 15) is 9.59 Å². The van der Waals surface area contributed by atoms with Crippen LogP contribution in [0.15, 0.2) is 18.2 Å². The molecular weight excluding hydrogens is 260 g/mol. The van der Waals surface area contributed by atoms with Crippen LogP contribution in [-0.2, 0) is 0 Å². The van der Waals surface area contributed by atoms with E-state index in [1.54, 1.807) is 18.2 Å². The quantitative estimate of drug-likeness (QED) is 0.786. The van der Waals surface area contributed by atoms with Crippen molar-refractivity contribution in [1.82, 2.24) is 10.2 Å². The third kappa shape index (κ3) is 3.34. The molecule has 6 heteroatoms. The van der Waals surface area contributed by atoms with Gasteiger partial charge in [-0.3, -0.25) is 14.5 Å². The number of fused-ring (bicyclic) bond motifs is 1. The number of ether oxygens (including phenoxy) is 1. The standard InChI is InChI=1S/C12H13NO4.C2H7N/c1-2-17-8-3-4-9-10(7-8)12(16)13(5-6-14)11(9)15;1-3-2/h3-4,7,14H,2,5-6H2,1H3;3H,1-2H3. The van der Waals surface area contributed by atoms with E-state index < -0.39 is 0 Å². The van der Waals surface area contributed by atoms with Gasteiger partial charge >= 0.3 is 0 Å². The molecule has 0 aliphatic carbocycles. The van der Waals surface area contributed by atoms with E-state index in [0.717, 1.165) is 4.90 Å². The Morgan fingerprint density at radius 2 is 1.80 bits per heavy atom. The molecule has 2 amide bonds. The summed E-state index contributed by atoms with van der Waals surface area (Å²) in [6.45, 7) is 2.14. The first-order valence-electron chi connectivity index (χ1n) is 6.43. The molecule has 0 saturated heterocycles. The molecule has 6 nitrogen and oxygen atoms in total. The van der Waals surface area contributed by atoms with Gasteiger partial charge < -0.3 is 15.2 Å². The number of aliphatic hydroxyl groups is 1. The molecule has 0 bridgehead atoms. The second-order valence-corrected chi connectivity index (χ2v) is 4.13. The van der Waals surface area contributed by atoms with Crippen molar-refractivity contribution in [2.24, 2.45) is 0 Å². The third-order valence-corrected chi connectivity index (χ3v) is 2.58. The van der Waals surface area contributed by atoms with Crippen molar-refractivity contribution in [3.8, 4) is 5.75 Å². The number of imide groups is 1. The molecule has 20 heavy (non-hydrogen) atoms. The molecule has 0 saturated carbocycles. The zero-order chi connectivity index (χ0) is 15.1. The van der Waals surface area contributed by atoms with E-state index in [2.05, 4.69) is 5.32 Å². The number of amides is 2. The lowest BCUT2D eigenvalue weighted by molar-refractivity contribution is 0.0624. The summed E-state index contributed by atoms with van der Waals surface area (Å²) >= 11 is 0. The maximum atomic E-state index is 11.9. The molecule has 0 aromatic heterocycles. The largest absolute Gasteiger partial charge is 0.494 e. The molecule has 110 valence electrons. The Balaban J connectivity index is 0.000000612. The molecule has 1 heterocycles. The van der Waals surface area contributed by atoms with Crippen LogP contribution in [0.3, 0.4) is 0 Å². The molecule has 0 radical (unpaired) electrons. The Morgan fingerprint density at radius 1 is 1.20 bits per heavy atom. The highest BCUT2D eigenvalue weighted by Gasteiger charge is 2.35. The fourth-order valence-corrected chi connectivity index (χ4v) is 1.83. The molecule has 1 aromatic carbocycles. The lowest BCUT2D eigenvalue weighted by Gasteiger charge is -2.10. The molecule has 0 unspecified atom stereocenters. The number of nitrogens with one attached hydrogen (secondary N) is 1. The summed E-state index contributed by atoms with van der Waals surface area (Å²) in [7, 11) is 3.75. The summed E-state index contributed by atoms with van der Waals surface area (Å²) in [6, 6.07) is 4.81. The minimum absolute atomic E-state index is 0.0241. The number of nitrogens with zero attached hydrogens (tertiary/aromatic N) is 1. The number of benzene rings is 1. The zero-order valence-corrected chi connectivity index (χ0v) is 12.0. The van der Waals surface area contributed by atoms with Crippen molar-refractivity contribution in [1.29, 1.82) is 0 Å². The Bertz CT molecular complexity index is 488. The zero-order valence-electron chi connectivity index (χ0n) is 12.0. The van der Waals surface area contributed by atoms with Crippen molar-refractivity contribution >= 4 is 11.8 Å². The molecule has 0 spiro atoms. The van der Waals surface area contributed by atoms with Gasteiger partial charge in [-0.15, -0.1) is 0 Å². The van der Waals surface area contributed by atoms with Crippen molar-refractivity contribution in [3.05, 3.63) is 29.3 Å². The molecule has 0 fully saturated rings. The van der Waals surface area contributed by atoms with Crippen LogP contribution in [0.4, 0.5) is 0 Å². The van der Waals surface area contributed by atoms with Gasteiger partial charge in [0.25, 0.3) is 11.8 Å². The van der Waals surface area contributed by atoms with Gasteiger partial charge in [-0.1, -0.05) is 0 Å². The van der Waals surface area contributed by atoms with E-state index in [4.69, 9.17) is 9.84 Å². The van der Waals surface area contributed by atoms with E-state index >= 15 is 0 Å². The Morgan fingerprint density at radius 3 is 2.35 bits per heavy atom. The fraction of sp³-hybridized carbons (Fsp3) is 0.429. The van der Waals surface area contributed by atoms with Crippen LogP contribution in [0.25, 0.3) is 0 Å². The minimum atomic E-state index is -0.374. The van der Waals surface area contributed by atoms with Gasteiger partial charge in [0.15, 0.2) is 0 Å². The van der Waals surface area contributed by atoms with Gasteiger partial charge in [0.1, 0.15) is 5.75 Å². The first kappa shape index (κ1) is 16.1. The highest BCUT2D eigenvalue weighted by atomic mass is 16.5. The number of carbonyl (C=O) groups is 2. The number of β-amino-alcohol motifs (C(OH)–C–C–N with tert-alkyl or cyclic N) is 1. The predicted molar refractivity (Wildman–Crippen MR) is 75.0 cm³/mol. The van der Waals surface area contributed by atoms with Crippen LogP contribution >= 0.6 is 0 Å². The number of carbonyl (C=O) groups excluding carboxylic acids is 2. The summed E-state index contributed by atoms with van der Waals surface area (Å²) in [5.41, 5.74) is 0.710. The number of hydrogen-bond acceptors (Lipinski definition) is 5. The lowest BCUT2D eigenvalue weighted by Crippen LogP contribution is -2.32. The SMILES string of the molecule is CCOc1ccc2c(c1)C(=O)N(CCO)C2=O.CNC. The lowest BCUT2D eigenvalue weighted by atomic mass is 10.1. The Hall–Kier alpha value is -1.92. The van der Waals surface area contributed by atoms with Gasteiger partial charge in [-0.2, -0.15) is 0 Å². The van der Waals surface area contributed by atoms with Crippen molar-refractivity contribution < 1.29 is 19.4 Å². The molecule has 2 rings (SSSR count). The summed E-state index contributed by atoms with van der Waals surface area (Å²) in [5.74, 6) is -0.166. The van der Waals surface area contributed by atoms with Crippen LogP contribution in [0.5, 0.6) is 5.75 Å². The van der Waals surface area contributed by atoms with Crippen LogP contribution < -0.4 is 10.1 Å². The summed E-state index contributed by atoms with van der Waals surface area (Å²) in [4.78, 5) is 24.8. The molecule has 0 atom stereocenters. The topological polar surface area (TPSA) is 78.9 Å². The van der Waals surface area contributed by atoms with Crippen LogP contribution in [0.2, 0.25) is 0 Å². The molecule has 1 aliphatic heterocycles. The molecule has 2 N–H and O–H groups in total. The van der Waals surface area contributed by atoms with Crippen molar-refractivity contribution in [2.75, 3.05) is 33.9 Å². The highest BCUT2D eigenvalue weighted by Crippen LogP contribution is 2.26. The van der Waals surface area contributed by atoms with Crippen LogP contribution in [-0.4, -0.2) is 55.7 Å². The van der Waals surface area contributed by atoms with E-state index in [1.165, 1.54) is 0 Å². The smallest absolute Gasteiger partial charge is 0.261 e. The summed E-state index contributed by atoms with van der Waals surface area (Å²) in [5, 5.41) is 11.6. The normalized spacial score (nSPS) is 12.9. The molecular formula is C14H20N2O4. The minimum Gasteiger partial charge on any atom is -0.494 e. The second kappa shape index (κ2) is 7.62. The maximum absolute atomic E-state index is 11.9. The Labute approximate surface area is 118 Å². The summed E-state index contributed by atoms with van der Waals surface area (Å²) in [6.07, 6.45) is 0. The van der Waals surface area contributed by atoms with Gasteiger partial charge in [-0.05, 0) is 39.2 Å². The summed E-state index contributed by atoms with van der Waals surface area (Å²) < 4.78 is 5.28. The highest BCUT2D eigenvalue weighted by molar-refractivity contribution is 6.21. The van der Waals surface area contributed by atoms with Gasteiger partial charge in [0.2, 0.25) is 0 Å². The van der Waals surface area contributed by atoms with Gasteiger partial charge in [0.05, 0.1) is 30.9 Å². The van der Waals surface area contributed by atoms with Gasteiger partial charge in [0, 0.05) is 0 Å². The third-order valence-electron chi connectivity index (χ3n) is 2.58. The average molecular weight is 280 g/mol. The molecule has 1 aromatic rings. The monoisotopic (exact) mass is 280 g/mol.